The van der Waals surface area contributed by atoms with E-state index in [0.717, 1.165) is 12.1 Å². The van der Waals surface area contributed by atoms with E-state index in [4.69, 9.17) is 4.74 Å². The maximum absolute atomic E-state index is 13.1. The van der Waals surface area contributed by atoms with E-state index >= 15 is 0 Å². The lowest BCUT2D eigenvalue weighted by molar-refractivity contribution is -0.137. The third kappa shape index (κ3) is 4.70. The second-order valence-corrected chi connectivity index (χ2v) is 8.93. The molecule has 0 saturated carbocycles. The van der Waals surface area contributed by atoms with Crippen LogP contribution in [0.15, 0.2) is 85.3 Å². The molecule has 0 spiro atoms. The van der Waals surface area contributed by atoms with Gasteiger partial charge in [-0.3, -0.25) is 4.98 Å². The molecule has 38 heavy (non-hydrogen) atoms. The van der Waals surface area contributed by atoms with Gasteiger partial charge in [0.25, 0.3) is 0 Å². The van der Waals surface area contributed by atoms with Crippen molar-refractivity contribution in [2.75, 3.05) is 0 Å². The van der Waals surface area contributed by atoms with Gasteiger partial charge in [-0.2, -0.15) is 13.2 Å². The number of nitrogens with zero attached hydrogens (tertiary/aromatic N) is 3. The molecule has 0 atom stereocenters. The van der Waals surface area contributed by atoms with Gasteiger partial charge in [0.2, 0.25) is 5.88 Å². The molecule has 3 heterocycles. The van der Waals surface area contributed by atoms with E-state index in [-0.39, 0.29) is 11.8 Å². The second-order valence-electron chi connectivity index (χ2n) is 8.93. The lowest BCUT2D eigenvalue weighted by atomic mass is 9.98. The summed E-state index contributed by atoms with van der Waals surface area (Å²) in [4.78, 5) is 21.2. The smallest absolute Gasteiger partial charge is 0.416 e. The highest BCUT2D eigenvalue weighted by Crippen LogP contribution is 2.39. The third-order valence-corrected chi connectivity index (χ3v) is 6.00. The number of carboxylic acids is 1. The number of aromatic carboxylic acids is 1. The van der Waals surface area contributed by atoms with Gasteiger partial charge in [-0.05, 0) is 61.4 Å². The Morgan fingerprint density at radius 2 is 1.68 bits per heavy atom. The second kappa shape index (κ2) is 9.66. The summed E-state index contributed by atoms with van der Waals surface area (Å²) in [6.45, 7) is 3.76. The van der Waals surface area contributed by atoms with E-state index in [1.807, 2.05) is 13.8 Å². The molecule has 5 aromatic rings. The van der Waals surface area contributed by atoms with Crippen LogP contribution >= 0.6 is 0 Å². The zero-order chi connectivity index (χ0) is 27.0. The van der Waals surface area contributed by atoms with Crippen molar-refractivity contribution < 1.29 is 27.8 Å². The van der Waals surface area contributed by atoms with Crippen LogP contribution in [0.3, 0.4) is 0 Å². The number of carboxylic acid groups (broad SMARTS) is 1. The Kier molecular flexibility index (Phi) is 6.36. The molecular weight excluding hydrogens is 495 g/mol. The van der Waals surface area contributed by atoms with Gasteiger partial charge in [-0.25, -0.2) is 9.78 Å². The fourth-order valence-electron chi connectivity index (χ4n) is 4.41. The van der Waals surface area contributed by atoms with E-state index in [0.29, 0.717) is 44.7 Å². The number of pyridine rings is 2. The molecule has 0 radical (unpaired) electrons. The summed E-state index contributed by atoms with van der Waals surface area (Å²) in [5, 5.41) is 11.0. The normalized spacial score (nSPS) is 11.7. The number of hydrogen-bond acceptors (Lipinski definition) is 4. The molecule has 1 N–H and O–H groups in total. The van der Waals surface area contributed by atoms with Crippen molar-refractivity contribution in [2.24, 2.45) is 0 Å². The predicted octanol–water partition coefficient (Wildman–Crippen LogP) is 7.26. The molecule has 0 amide bonds. The largest absolute Gasteiger partial charge is 0.477 e. The minimum atomic E-state index is -4.44. The molecule has 192 valence electrons. The van der Waals surface area contributed by atoms with Gasteiger partial charge >= 0.3 is 12.1 Å². The number of alkyl halides is 3. The Morgan fingerprint density at radius 1 is 0.947 bits per heavy atom. The van der Waals surface area contributed by atoms with Crippen LogP contribution in [-0.4, -0.2) is 31.7 Å². The van der Waals surface area contributed by atoms with E-state index in [9.17, 15) is 23.1 Å². The molecule has 0 aliphatic rings. The molecule has 6 nitrogen and oxygen atoms in total. The molecule has 0 saturated heterocycles. The Morgan fingerprint density at radius 3 is 2.26 bits per heavy atom. The fraction of sp³-hybridized carbons (Fsp3) is 0.138. The van der Waals surface area contributed by atoms with Gasteiger partial charge in [0.15, 0.2) is 0 Å². The van der Waals surface area contributed by atoms with Crippen LogP contribution in [0.5, 0.6) is 5.88 Å². The van der Waals surface area contributed by atoms with Crippen LogP contribution < -0.4 is 4.74 Å². The van der Waals surface area contributed by atoms with Gasteiger partial charge in [-0.15, -0.1) is 0 Å². The molecule has 0 aliphatic heterocycles. The maximum atomic E-state index is 13.1. The summed E-state index contributed by atoms with van der Waals surface area (Å²) in [6, 6.07) is 17.0. The number of ether oxygens (including phenoxy) is 1. The minimum Gasteiger partial charge on any atom is -0.477 e. The summed E-state index contributed by atoms with van der Waals surface area (Å²) >= 11 is 0. The van der Waals surface area contributed by atoms with Crippen molar-refractivity contribution in [3.63, 3.8) is 0 Å². The summed E-state index contributed by atoms with van der Waals surface area (Å²) in [5.41, 5.74) is 2.62. The third-order valence-electron chi connectivity index (χ3n) is 6.00. The molecule has 0 bridgehead atoms. The topological polar surface area (TPSA) is 77.2 Å². The number of hydrogen-bond donors (Lipinski definition) is 1. The molecular formula is C29H22F3N3O3. The first-order valence-electron chi connectivity index (χ1n) is 11.8. The Balaban J connectivity index is 1.74. The highest BCUT2D eigenvalue weighted by molar-refractivity contribution is 6.10. The Labute approximate surface area is 216 Å². The van der Waals surface area contributed by atoms with Gasteiger partial charge in [0.1, 0.15) is 5.69 Å². The van der Waals surface area contributed by atoms with E-state index < -0.39 is 17.7 Å². The molecule has 2 aromatic carbocycles. The van der Waals surface area contributed by atoms with Crippen molar-refractivity contribution in [2.45, 2.75) is 26.1 Å². The number of fused-ring (bicyclic) bond motifs is 1. The van der Waals surface area contributed by atoms with Crippen LogP contribution in [-0.2, 0) is 6.18 Å². The molecule has 0 unspecified atom stereocenters. The van der Waals surface area contributed by atoms with E-state index in [2.05, 4.69) is 9.97 Å². The summed E-state index contributed by atoms with van der Waals surface area (Å²) in [5.74, 6) is -0.743. The van der Waals surface area contributed by atoms with Crippen molar-refractivity contribution in [3.05, 3.63) is 96.6 Å². The van der Waals surface area contributed by atoms with Crippen LogP contribution in [0.4, 0.5) is 13.2 Å². The summed E-state index contributed by atoms with van der Waals surface area (Å²) < 4.78 is 46.4. The highest BCUT2D eigenvalue weighted by Gasteiger charge is 2.30. The summed E-state index contributed by atoms with van der Waals surface area (Å²) in [6.07, 6.45) is 0.201. The summed E-state index contributed by atoms with van der Waals surface area (Å²) in [7, 11) is 0. The molecule has 0 aliphatic carbocycles. The number of carbonyl (C=O) groups is 1. The number of benzene rings is 2. The highest BCUT2D eigenvalue weighted by atomic mass is 19.4. The molecule has 5 rings (SSSR count). The SMILES string of the molecule is CC(C)Oc1ccc(-n2c(C(=O)O)c(-c3cccnc3)c3cc(-c4ccc(C(F)(F)F)cc4)ccc32)cn1. The van der Waals surface area contributed by atoms with Crippen LogP contribution in [0.2, 0.25) is 0 Å². The minimum absolute atomic E-state index is 0.0110. The van der Waals surface area contributed by atoms with Crippen LogP contribution in [0, 0.1) is 0 Å². The van der Waals surface area contributed by atoms with Gasteiger partial charge in [-0.1, -0.05) is 24.3 Å². The Bertz CT molecular complexity index is 1610. The Hall–Kier alpha value is -4.66. The average molecular weight is 518 g/mol. The first kappa shape index (κ1) is 25.0. The molecule has 0 fully saturated rings. The lowest BCUT2D eigenvalue weighted by Gasteiger charge is -2.12. The van der Waals surface area contributed by atoms with Gasteiger partial charge in [0, 0.05) is 35.0 Å². The zero-order valence-corrected chi connectivity index (χ0v) is 20.4. The van der Waals surface area contributed by atoms with Crippen molar-refractivity contribution >= 4 is 16.9 Å². The van der Waals surface area contributed by atoms with Crippen LogP contribution in [0.25, 0.3) is 38.8 Å². The number of aromatic nitrogens is 3. The zero-order valence-electron chi connectivity index (χ0n) is 20.4. The maximum Gasteiger partial charge on any atom is 0.416 e. The van der Waals surface area contributed by atoms with Crippen molar-refractivity contribution in [1.82, 2.24) is 14.5 Å². The van der Waals surface area contributed by atoms with Crippen molar-refractivity contribution in [1.29, 1.82) is 0 Å². The fourth-order valence-corrected chi connectivity index (χ4v) is 4.41. The molecule has 3 aromatic heterocycles. The number of rotatable bonds is 6. The van der Waals surface area contributed by atoms with Crippen LogP contribution in [0.1, 0.15) is 29.9 Å². The van der Waals surface area contributed by atoms with Gasteiger partial charge < -0.3 is 14.4 Å². The van der Waals surface area contributed by atoms with Crippen molar-refractivity contribution in [3.8, 4) is 33.8 Å². The average Bonchev–Trinajstić information content (AvgIpc) is 3.24. The van der Waals surface area contributed by atoms with E-state index in [1.54, 1.807) is 65.6 Å². The molecule has 9 heteroatoms. The van der Waals surface area contributed by atoms with E-state index in [1.165, 1.54) is 12.1 Å². The first-order valence-corrected chi connectivity index (χ1v) is 11.8. The first-order chi connectivity index (χ1) is 18.1. The van der Waals surface area contributed by atoms with Gasteiger partial charge in [0.05, 0.1) is 29.1 Å². The lowest BCUT2D eigenvalue weighted by Crippen LogP contribution is -2.09. The monoisotopic (exact) mass is 517 g/mol. The number of halogens is 3. The quantitative estimate of drug-likeness (QED) is 0.257. The standard InChI is InChI=1S/C29H22F3N3O3/c1-17(2)38-25-12-10-22(16-34-25)35-24-11-7-19(18-5-8-21(9-6-18)29(30,31)32)14-23(24)26(27(35)28(36)37)20-4-3-13-33-15-20/h3-17H,1-2H3,(H,36,37). The predicted molar refractivity (Wildman–Crippen MR) is 137 cm³/mol.